The molecule has 0 fully saturated rings. The quantitative estimate of drug-likeness (QED) is 0.853. The second-order valence-corrected chi connectivity index (χ2v) is 4.54. The summed E-state index contributed by atoms with van der Waals surface area (Å²) in [6.45, 7) is 5.12. The van der Waals surface area contributed by atoms with Gasteiger partial charge in [0.05, 0.1) is 6.54 Å². The molecule has 2 rings (SSSR count). The average Bonchev–Trinajstić information content (AvgIpc) is 2.44. The van der Waals surface area contributed by atoms with Crippen LogP contribution in [0.1, 0.15) is 11.1 Å². The summed E-state index contributed by atoms with van der Waals surface area (Å²) in [4.78, 5) is 0. The van der Waals surface area contributed by atoms with Gasteiger partial charge in [-0.15, -0.1) is 10.2 Å². The van der Waals surface area contributed by atoms with Crippen molar-refractivity contribution in [1.82, 2.24) is 10.2 Å². The van der Waals surface area contributed by atoms with Crippen LogP contribution in [-0.4, -0.2) is 23.3 Å². The lowest BCUT2D eigenvalue weighted by molar-refractivity contribution is 0.332. The highest BCUT2D eigenvalue weighted by molar-refractivity contribution is 6.30. The van der Waals surface area contributed by atoms with E-state index < -0.39 is 0 Å². The number of hydrogen-bond donors (Lipinski definition) is 1. The number of nitrogens with zero attached hydrogens (tertiary/aromatic N) is 2. The van der Waals surface area contributed by atoms with Crippen LogP contribution in [-0.2, 0) is 0 Å². The van der Waals surface area contributed by atoms with Crippen molar-refractivity contribution in [2.75, 3.05) is 18.5 Å². The Balaban J connectivity index is 1.85. The molecule has 0 unspecified atom stereocenters. The van der Waals surface area contributed by atoms with Crippen molar-refractivity contribution in [3.63, 3.8) is 0 Å². The standard InChI is InChI=1S/C14H16ClN3O/c1-10-11(2)14(18-17-13(10)15)16-8-9-19-12-6-4-3-5-7-12/h3-7H,8-9H2,1-2H3,(H,16,18). The summed E-state index contributed by atoms with van der Waals surface area (Å²) >= 11 is 5.90. The minimum absolute atomic E-state index is 0.448. The molecule has 0 amide bonds. The zero-order chi connectivity index (χ0) is 13.7. The molecule has 1 aromatic carbocycles. The highest BCUT2D eigenvalue weighted by atomic mass is 35.5. The Hall–Kier alpha value is -1.81. The molecule has 1 N–H and O–H groups in total. The lowest BCUT2D eigenvalue weighted by Gasteiger charge is -2.11. The van der Waals surface area contributed by atoms with E-state index in [9.17, 15) is 0 Å². The molecule has 0 spiro atoms. The van der Waals surface area contributed by atoms with E-state index >= 15 is 0 Å². The van der Waals surface area contributed by atoms with Gasteiger partial charge in [0, 0.05) is 0 Å². The van der Waals surface area contributed by atoms with Crippen molar-refractivity contribution in [3.8, 4) is 5.75 Å². The van der Waals surface area contributed by atoms with Crippen molar-refractivity contribution in [2.24, 2.45) is 0 Å². The second-order valence-electron chi connectivity index (χ2n) is 4.18. The Bertz CT molecular complexity index is 546. The molecular formula is C14H16ClN3O. The van der Waals surface area contributed by atoms with Gasteiger partial charge >= 0.3 is 0 Å². The van der Waals surface area contributed by atoms with Crippen molar-refractivity contribution in [1.29, 1.82) is 0 Å². The summed E-state index contributed by atoms with van der Waals surface area (Å²) in [5, 5.41) is 11.6. The van der Waals surface area contributed by atoms with Crippen molar-refractivity contribution in [3.05, 3.63) is 46.6 Å². The van der Waals surface area contributed by atoms with Gasteiger partial charge in [0.2, 0.25) is 0 Å². The lowest BCUT2D eigenvalue weighted by Crippen LogP contribution is -2.14. The summed E-state index contributed by atoms with van der Waals surface area (Å²) in [5.41, 5.74) is 1.96. The summed E-state index contributed by atoms with van der Waals surface area (Å²) in [7, 11) is 0. The molecule has 0 aliphatic rings. The van der Waals surface area contributed by atoms with E-state index in [1.807, 2.05) is 44.2 Å². The molecule has 100 valence electrons. The highest BCUT2D eigenvalue weighted by Gasteiger charge is 2.07. The molecular weight excluding hydrogens is 262 g/mol. The van der Waals surface area contributed by atoms with Gasteiger partial charge in [0.1, 0.15) is 12.4 Å². The molecule has 1 heterocycles. The number of ether oxygens (including phenoxy) is 1. The number of halogens is 1. The third-order valence-corrected chi connectivity index (χ3v) is 3.23. The van der Waals surface area contributed by atoms with Gasteiger partial charge in [-0.3, -0.25) is 0 Å². The largest absolute Gasteiger partial charge is 0.492 e. The average molecular weight is 278 g/mol. The van der Waals surface area contributed by atoms with Crippen LogP contribution in [0.3, 0.4) is 0 Å². The van der Waals surface area contributed by atoms with E-state index in [1.54, 1.807) is 0 Å². The zero-order valence-electron chi connectivity index (χ0n) is 11.0. The van der Waals surface area contributed by atoms with Crippen LogP contribution in [0.15, 0.2) is 30.3 Å². The fourth-order valence-electron chi connectivity index (χ4n) is 1.60. The van der Waals surface area contributed by atoms with Crippen molar-refractivity contribution < 1.29 is 4.74 Å². The number of nitrogens with one attached hydrogen (secondary N) is 1. The molecule has 0 bridgehead atoms. The number of aromatic nitrogens is 2. The fraction of sp³-hybridized carbons (Fsp3) is 0.286. The van der Waals surface area contributed by atoms with Gasteiger partial charge in [-0.05, 0) is 37.1 Å². The van der Waals surface area contributed by atoms with E-state index in [1.165, 1.54) is 0 Å². The maximum absolute atomic E-state index is 5.90. The molecule has 4 nitrogen and oxygen atoms in total. The van der Waals surface area contributed by atoms with Crippen LogP contribution in [0.25, 0.3) is 0 Å². The van der Waals surface area contributed by atoms with Crippen molar-refractivity contribution in [2.45, 2.75) is 13.8 Å². The van der Waals surface area contributed by atoms with Gasteiger partial charge in [-0.25, -0.2) is 0 Å². The summed E-state index contributed by atoms with van der Waals surface area (Å²) in [6.07, 6.45) is 0. The van der Waals surface area contributed by atoms with Crippen LogP contribution >= 0.6 is 11.6 Å². The van der Waals surface area contributed by atoms with Gasteiger partial charge in [-0.1, -0.05) is 29.8 Å². The summed E-state index contributed by atoms with van der Waals surface area (Å²) < 4.78 is 5.58. The van der Waals surface area contributed by atoms with Gasteiger partial charge in [0.25, 0.3) is 0 Å². The summed E-state index contributed by atoms with van der Waals surface area (Å²) in [5.74, 6) is 1.61. The predicted molar refractivity (Wildman–Crippen MR) is 76.9 cm³/mol. The Morgan fingerprint density at radius 2 is 1.84 bits per heavy atom. The van der Waals surface area contributed by atoms with Crippen LogP contribution in [0, 0.1) is 13.8 Å². The number of hydrogen-bond acceptors (Lipinski definition) is 4. The molecule has 5 heteroatoms. The third-order valence-electron chi connectivity index (χ3n) is 2.87. The van der Waals surface area contributed by atoms with E-state index in [4.69, 9.17) is 16.3 Å². The minimum Gasteiger partial charge on any atom is -0.492 e. The number of rotatable bonds is 5. The number of benzene rings is 1. The first-order valence-corrected chi connectivity index (χ1v) is 6.47. The van der Waals surface area contributed by atoms with E-state index in [2.05, 4.69) is 15.5 Å². The maximum atomic E-state index is 5.90. The number of anilines is 1. The molecule has 2 aromatic rings. The molecule has 1 aromatic heterocycles. The zero-order valence-corrected chi connectivity index (χ0v) is 11.7. The molecule has 0 radical (unpaired) electrons. The van der Waals surface area contributed by atoms with Gasteiger partial charge in [0.15, 0.2) is 11.0 Å². The molecule has 0 atom stereocenters. The monoisotopic (exact) mass is 277 g/mol. The fourth-order valence-corrected chi connectivity index (χ4v) is 1.78. The minimum atomic E-state index is 0.448. The Kier molecular flexibility index (Phi) is 4.58. The van der Waals surface area contributed by atoms with Gasteiger partial charge in [-0.2, -0.15) is 0 Å². The van der Waals surface area contributed by atoms with Crippen LogP contribution < -0.4 is 10.1 Å². The van der Waals surface area contributed by atoms with E-state index in [0.717, 1.165) is 22.7 Å². The molecule has 0 saturated carbocycles. The summed E-state index contributed by atoms with van der Waals surface area (Å²) in [6, 6.07) is 9.71. The molecule has 19 heavy (non-hydrogen) atoms. The Labute approximate surface area is 117 Å². The number of para-hydroxylation sites is 1. The molecule has 0 saturated heterocycles. The first-order valence-electron chi connectivity index (χ1n) is 6.09. The lowest BCUT2D eigenvalue weighted by atomic mass is 10.2. The maximum Gasteiger partial charge on any atom is 0.155 e. The normalized spacial score (nSPS) is 10.3. The first kappa shape index (κ1) is 13.6. The van der Waals surface area contributed by atoms with Crippen LogP contribution in [0.2, 0.25) is 5.15 Å². The third kappa shape index (κ3) is 3.58. The van der Waals surface area contributed by atoms with Gasteiger partial charge < -0.3 is 10.1 Å². The highest BCUT2D eigenvalue weighted by Crippen LogP contribution is 2.20. The topological polar surface area (TPSA) is 47.0 Å². The SMILES string of the molecule is Cc1c(Cl)nnc(NCCOc2ccccc2)c1C. The first-order chi connectivity index (χ1) is 9.18. The van der Waals surface area contributed by atoms with Crippen molar-refractivity contribution >= 4 is 17.4 Å². The van der Waals surface area contributed by atoms with Crippen LogP contribution in [0.5, 0.6) is 5.75 Å². The van der Waals surface area contributed by atoms with E-state index in [0.29, 0.717) is 18.3 Å². The van der Waals surface area contributed by atoms with Crippen LogP contribution in [0.4, 0.5) is 5.82 Å². The Morgan fingerprint density at radius 3 is 2.58 bits per heavy atom. The van der Waals surface area contributed by atoms with E-state index in [-0.39, 0.29) is 0 Å². The molecule has 0 aliphatic heterocycles. The second kappa shape index (κ2) is 6.38. The predicted octanol–water partition coefficient (Wildman–Crippen LogP) is 3.24. The molecule has 0 aliphatic carbocycles. The smallest absolute Gasteiger partial charge is 0.155 e. The Morgan fingerprint density at radius 1 is 1.11 bits per heavy atom.